The lowest BCUT2D eigenvalue weighted by molar-refractivity contribution is -0.117. The molecule has 1 unspecified atom stereocenters. The summed E-state index contributed by atoms with van der Waals surface area (Å²) in [7, 11) is 2.07. The minimum Gasteiger partial charge on any atom is -0.378 e. The second kappa shape index (κ2) is 8.15. The summed E-state index contributed by atoms with van der Waals surface area (Å²) in [5, 5.41) is 3.15. The van der Waals surface area contributed by atoms with Crippen LogP contribution < -0.4 is 10.2 Å². The number of nitrogens with one attached hydrogen (secondary N) is 1. The minimum atomic E-state index is 0.0526. The lowest BCUT2D eigenvalue weighted by atomic mass is 10.1. The van der Waals surface area contributed by atoms with Gasteiger partial charge in [-0.3, -0.25) is 9.69 Å². The van der Waals surface area contributed by atoms with Gasteiger partial charge in [0, 0.05) is 32.0 Å². The summed E-state index contributed by atoms with van der Waals surface area (Å²) < 4.78 is 7.61. The van der Waals surface area contributed by atoms with Gasteiger partial charge in [-0.25, -0.2) is 0 Å². The number of ether oxygens (including phenoxy) is 1. The van der Waals surface area contributed by atoms with E-state index in [1.54, 1.807) is 0 Å². The van der Waals surface area contributed by atoms with Gasteiger partial charge in [0.1, 0.15) is 0 Å². The van der Waals surface area contributed by atoms with Gasteiger partial charge in [0.05, 0.1) is 37.2 Å². The Hall–Kier alpha value is -2.31. The largest absolute Gasteiger partial charge is 0.378 e. The zero-order valence-electron chi connectivity index (χ0n) is 15.9. The number of nitrogens with zero attached hydrogens (tertiary/aromatic N) is 3. The lowest BCUT2D eigenvalue weighted by Gasteiger charge is -2.31. The van der Waals surface area contributed by atoms with Gasteiger partial charge < -0.3 is 19.5 Å². The fourth-order valence-electron chi connectivity index (χ4n) is 4.20. The van der Waals surface area contributed by atoms with Crippen LogP contribution in [0.15, 0.2) is 42.6 Å². The third-order valence-electron chi connectivity index (χ3n) is 5.57. The standard InChI is InChI=1S/C21H28N4O2/c1-23-10-4-8-19(23)20-9-5-11-25(20)16-21(26)22-17-6-2-3-7-18(17)24-12-14-27-15-13-24/h2-4,6-8,10,20H,5,9,11-16H2,1H3,(H,22,26). The number of likely N-dealkylation sites (tertiary alicyclic amines) is 1. The Bertz CT molecular complexity index is 782. The maximum Gasteiger partial charge on any atom is 0.238 e. The number of amides is 1. The van der Waals surface area contributed by atoms with Gasteiger partial charge >= 0.3 is 0 Å². The molecule has 2 aliphatic rings. The van der Waals surface area contributed by atoms with E-state index >= 15 is 0 Å². The van der Waals surface area contributed by atoms with Crippen LogP contribution in [0.2, 0.25) is 0 Å². The molecule has 0 saturated carbocycles. The maximum atomic E-state index is 12.8. The van der Waals surface area contributed by atoms with Crippen molar-refractivity contribution in [3.63, 3.8) is 0 Å². The molecule has 1 amide bonds. The van der Waals surface area contributed by atoms with Gasteiger partial charge in [-0.15, -0.1) is 0 Å². The fourth-order valence-corrected chi connectivity index (χ4v) is 4.20. The van der Waals surface area contributed by atoms with Crippen molar-refractivity contribution in [2.45, 2.75) is 18.9 Å². The Kier molecular flexibility index (Phi) is 5.45. The Balaban J connectivity index is 1.43. The number of aryl methyl sites for hydroxylation is 1. The summed E-state index contributed by atoms with van der Waals surface area (Å²) in [6.45, 7) is 4.56. The Morgan fingerprint density at radius 2 is 1.96 bits per heavy atom. The maximum absolute atomic E-state index is 12.8. The predicted octanol–water partition coefficient (Wildman–Crippen LogP) is 2.64. The molecule has 3 heterocycles. The van der Waals surface area contributed by atoms with Gasteiger partial charge in [-0.1, -0.05) is 12.1 Å². The van der Waals surface area contributed by atoms with Crippen LogP contribution in [0.4, 0.5) is 11.4 Å². The summed E-state index contributed by atoms with van der Waals surface area (Å²) in [5.74, 6) is 0.0526. The summed E-state index contributed by atoms with van der Waals surface area (Å²) in [6.07, 6.45) is 4.31. The summed E-state index contributed by atoms with van der Waals surface area (Å²) in [4.78, 5) is 17.4. The molecule has 0 spiro atoms. The molecule has 1 aromatic carbocycles. The van der Waals surface area contributed by atoms with Gasteiger partial charge in [0.2, 0.25) is 5.91 Å². The van der Waals surface area contributed by atoms with Crippen LogP contribution in [0, 0.1) is 0 Å². The Labute approximate surface area is 160 Å². The number of carbonyl (C=O) groups excluding carboxylic acids is 1. The second-order valence-corrected chi connectivity index (χ2v) is 7.34. The molecule has 27 heavy (non-hydrogen) atoms. The zero-order chi connectivity index (χ0) is 18.6. The van der Waals surface area contributed by atoms with E-state index in [9.17, 15) is 4.79 Å². The molecule has 2 aromatic rings. The first kappa shape index (κ1) is 18.1. The molecule has 144 valence electrons. The number of rotatable bonds is 5. The first-order valence-corrected chi connectivity index (χ1v) is 9.79. The molecule has 1 aromatic heterocycles. The normalized spacial score (nSPS) is 20.8. The zero-order valence-corrected chi connectivity index (χ0v) is 15.9. The van der Waals surface area contributed by atoms with Crippen LogP contribution >= 0.6 is 0 Å². The van der Waals surface area contributed by atoms with E-state index in [4.69, 9.17) is 4.74 Å². The number of anilines is 2. The number of benzene rings is 1. The summed E-state index contributed by atoms with van der Waals surface area (Å²) in [5.41, 5.74) is 3.25. The molecular formula is C21H28N4O2. The van der Waals surface area contributed by atoms with Crippen molar-refractivity contribution >= 4 is 17.3 Å². The molecule has 0 radical (unpaired) electrons. The number of hydrogen-bond donors (Lipinski definition) is 1. The average molecular weight is 368 g/mol. The van der Waals surface area contributed by atoms with E-state index < -0.39 is 0 Å². The van der Waals surface area contributed by atoms with E-state index in [1.165, 1.54) is 5.69 Å². The van der Waals surface area contributed by atoms with Gasteiger partial charge in [-0.05, 0) is 43.7 Å². The number of hydrogen-bond acceptors (Lipinski definition) is 4. The summed E-state index contributed by atoms with van der Waals surface area (Å²) in [6, 6.07) is 12.6. The average Bonchev–Trinajstić information content (AvgIpc) is 3.31. The first-order chi connectivity index (χ1) is 13.2. The third-order valence-corrected chi connectivity index (χ3v) is 5.57. The van der Waals surface area contributed by atoms with E-state index in [-0.39, 0.29) is 5.91 Å². The molecule has 6 nitrogen and oxygen atoms in total. The highest BCUT2D eigenvalue weighted by atomic mass is 16.5. The van der Waals surface area contributed by atoms with E-state index in [0.717, 1.165) is 57.1 Å². The van der Waals surface area contributed by atoms with E-state index in [1.807, 2.05) is 18.2 Å². The van der Waals surface area contributed by atoms with Gasteiger partial charge in [0.25, 0.3) is 0 Å². The molecule has 2 saturated heterocycles. The Morgan fingerprint density at radius 3 is 2.74 bits per heavy atom. The smallest absolute Gasteiger partial charge is 0.238 e. The van der Waals surface area contributed by atoms with Crippen molar-refractivity contribution in [3.8, 4) is 0 Å². The van der Waals surface area contributed by atoms with Crippen LogP contribution in [0.1, 0.15) is 24.6 Å². The number of aromatic nitrogens is 1. The van der Waals surface area contributed by atoms with Gasteiger partial charge in [-0.2, -0.15) is 0 Å². The van der Waals surface area contributed by atoms with Crippen LogP contribution in [0.5, 0.6) is 0 Å². The lowest BCUT2D eigenvalue weighted by Crippen LogP contribution is -2.37. The molecule has 2 fully saturated rings. The van der Waals surface area contributed by atoms with Crippen molar-refractivity contribution in [3.05, 3.63) is 48.3 Å². The van der Waals surface area contributed by atoms with E-state index in [2.05, 4.69) is 51.1 Å². The van der Waals surface area contributed by atoms with Crippen molar-refractivity contribution in [2.24, 2.45) is 7.05 Å². The molecule has 2 aliphatic heterocycles. The molecular weight excluding hydrogens is 340 g/mol. The molecule has 1 N–H and O–H groups in total. The molecule has 6 heteroatoms. The number of para-hydroxylation sites is 2. The van der Waals surface area contributed by atoms with Crippen LogP contribution in [-0.2, 0) is 16.6 Å². The number of carbonyl (C=O) groups is 1. The van der Waals surface area contributed by atoms with E-state index in [0.29, 0.717) is 12.6 Å². The SMILES string of the molecule is Cn1cccc1C1CCCN1CC(=O)Nc1ccccc1N1CCOCC1. The molecule has 1 atom stereocenters. The molecule has 4 rings (SSSR count). The van der Waals surface area contributed by atoms with Crippen LogP contribution in [0.3, 0.4) is 0 Å². The second-order valence-electron chi connectivity index (χ2n) is 7.34. The number of morpholine rings is 1. The monoisotopic (exact) mass is 368 g/mol. The van der Waals surface area contributed by atoms with Gasteiger partial charge in [0.15, 0.2) is 0 Å². The summed E-state index contributed by atoms with van der Waals surface area (Å²) >= 11 is 0. The van der Waals surface area contributed by atoms with Crippen molar-refractivity contribution in [1.29, 1.82) is 0 Å². The quantitative estimate of drug-likeness (QED) is 0.882. The minimum absolute atomic E-state index is 0.0526. The molecule has 0 bridgehead atoms. The van der Waals surface area contributed by atoms with Crippen LogP contribution in [0.25, 0.3) is 0 Å². The molecule has 0 aliphatic carbocycles. The highest BCUT2D eigenvalue weighted by molar-refractivity contribution is 5.95. The highest BCUT2D eigenvalue weighted by Gasteiger charge is 2.29. The van der Waals surface area contributed by atoms with Crippen molar-refractivity contribution in [2.75, 3.05) is 49.6 Å². The Morgan fingerprint density at radius 1 is 1.15 bits per heavy atom. The topological polar surface area (TPSA) is 49.7 Å². The highest BCUT2D eigenvalue weighted by Crippen LogP contribution is 2.32. The van der Waals surface area contributed by atoms with Crippen molar-refractivity contribution < 1.29 is 9.53 Å². The van der Waals surface area contributed by atoms with Crippen molar-refractivity contribution in [1.82, 2.24) is 9.47 Å². The first-order valence-electron chi connectivity index (χ1n) is 9.79. The third kappa shape index (κ3) is 4.01. The predicted molar refractivity (Wildman–Crippen MR) is 107 cm³/mol. The fraction of sp³-hybridized carbons (Fsp3) is 0.476. The van der Waals surface area contributed by atoms with Crippen LogP contribution in [-0.4, -0.2) is 54.8 Å².